The van der Waals surface area contributed by atoms with Crippen molar-refractivity contribution in [2.24, 2.45) is 0 Å². The highest BCUT2D eigenvalue weighted by atomic mass is 35.5. The van der Waals surface area contributed by atoms with Crippen molar-refractivity contribution in [1.82, 2.24) is 4.98 Å². The molecule has 0 aliphatic rings. The molecule has 1 aromatic heterocycles. The van der Waals surface area contributed by atoms with E-state index in [0.717, 1.165) is 11.3 Å². The molecule has 0 saturated carbocycles. The van der Waals surface area contributed by atoms with E-state index >= 15 is 0 Å². The summed E-state index contributed by atoms with van der Waals surface area (Å²) in [7, 11) is 0. The highest BCUT2D eigenvalue weighted by Gasteiger charge is 2.16. The molecule has 1 aromatic carbocycles. The zero-order valence-corrected chi connectivity index (χ0v) is 13.1. The molecule has 0 bridgehead atoms. The van der Waals surface area contributed by atoms with Crippen LogP contribution in [0.25, 0.3) is 0 Å². The molecule has 2 rings (SSSR count). The number of carbonyl (C=O) groups excluding carboxylic acids is 1. The first-order valence-electron chi connectivity index (χ1n) is 5.82. The third-order valence-electron chi connectivity index (χ3n) is 2.57. The number of nitrogens with one attached hydrogen (secondary N) is 1. The number of anilines is 1. The maximum atomic E-state index is 11.9. The SMILES string of the molecule is Cc1nc(CC(=O)Nc2cccc(Cl)c2Cl)sc1C(=O)O. The van der Waals surface area contributed by atoms with Gasteiger partial charge in [0.25, 0.3) is 0 Å². The molecule has 0 aliphatic carbocycles. The van der Waals surface area contributed by atoms with Gasteiger partial charge >= 0.3 is 5.97 Å². The number of benzene rings is 1. The topological polar surface area (TPSA) is 79.3 Å². The second-order valence-corrected chi connectivity index (χ2v) is 6.02. The fourth-order valence-corrected chi connectivity index (χ4v) is 2.91. The van der Waals surface area contributed by atoms with E-state index in [0.29, 0.717) is 21.4 Å². The Bertz CT molecular complexity index is 715. The third-order valence-corrected chi connectivity index (χ3v) is 4.54. The van der Waals surface area contributed by atoms with Crippen LogP contribution in [0.15, 0.2) is 18.2 Å². The number of aromatic carboxylic acids is 1. The number of hydrogen-bond acceptors (Lipinski definition) is 4. The maximum absolute atomic E-state index is 11.9. The van der Waals surface area contributed by atoms with Crippen LogP contribution in [-0.4, -0.2) is 22.0 Å². The molecule has 0 aliphatic heterocycles. The molecule has 110 valence electrons. The Balaban J connectivity index is 2.10. The number of nitrogens with zero attached hydrogens (tertiary/aromatic N) is 1. The van der Waals surface area contributed by atoms with Gasteiger partial charge in [-0.25, -0.2) is 9.78 Å². The molecule has 0 saturated heterocycles. The van der Waals surface area contributed by atoms with Crippen LogP contribution in [0.1, 0.15) is 20.4 Å². The largest absolute Gasteiger partial charge is 0.477 e. The number of amides is 1. The predicted octanol–water partition coefficient (Wildman–Crippen LogP) is 3.64. The Morgan fingerprint density at radius 2 is 2.10 bits per heavy atom. The van der Waals surface area contributed by atoms with Gasteiger partial charge in [-0.15, -0.1) is 11.3 Å². The monoisotopic (exact) mass is 344 g/mol. The van der Waals surface area contributed by atoms with Gasteiger partial charge in [-0.05, 0) is 19.1 Å². The van der Waals surface area contributed by atoms with Crippen molar-refractivity contribution in [3.05, 3.63) is 43.8 Å². The second kappa shape index (κ2) is 6.43. The standard InChI is InChI=1S/C13H10Cl2N2O3S/c1-6-12(13(19)20)21-10(16-6)5-9(18)17-8-4-2-3-7(14)11(8)15/h2-4H,5H2,1H3,(H,17,18)(H,19,20). The Morgan fingerprint density at radius 1 is 1.38 bits per heavy atom. The molecule has 0 radical (unpaired) electrons. The summed E-state index contributed by atoms with van der Waals surface area (Å²) in [5, 5.41) is 12.6. The number of carboxylic acids is 1. The number of hydrogen-bond donors (Lipinski definition) is 2. The van der Waals surface area contributed by atoms with E-state index in [-0.39, 0.29) is 22.2 Å². The minimum absolute atomic E-state index is 0.0262. The van der Waals surface area contributed by atoms with Gasteiger partial charge in [-0.3, -0.25) is 4.79 Å². The lowest BCUT2D eigenvalue weighted by Gasteiger charge is -2.07. The molecule has 0 fully saturated rings. The number of thiazole rings is 1. The lowest BCUT2D eigenvalue weighted by Crippen LogP contribution is -2.14. The van der Waals surface area contributed by atoms with Crippen LogP contribution in [0.4, 0.5) is 5.69 Å². The van der Waals surface area contributed by atoms with E-state index < -0.39 is 5.97 Å². The van der Waals surface area contributed by atoms with E-state index in [4.69, 9.17) is 28.3 Å². The Hall–Kier alpha value is -1.63. The first-order valence-corrected chi connectivity index (χ1v) is 7.39. The fourth-order valence-electron chi connectivity index (χ4n) is 1.66. The zero-order valence-electron chi connectivity index (χ0n) is 10.8. The minimum atomic E-state index is -1.05. The van der Waals surface area contributed by atoms with Gasteiger partial charge in [-0.1, -0.05) is 29.3 Å². The van der Waals surface area contributed by atoms with Crippen LogP contribution in [0, 0.1) is 6.92 Å². The van der Waals surface area contributed by atoms with Crippen molar-refractivity contribution in [3.63, 3.8) is 0 Å². The van der Waals surface area contributed by atoms with E-state index in [9.17, 15) is 9.59 Å². The first kappa shape index (κ1) is 15.8. The summed E-state index contributed by atoms with van der Waals surface area (Å²) >= 11 is 12.8. The zero-order chi connectivity index (χ0) is 15.6. The van der Waals surface area contributed by atoms with Crippen LogP contribution >= 0.6 is 34.5 Å². The summed E-state index contributed by atoms with van der Waals surface area (Å²) in [6.45, 7) is 1.59. The van der Waals surface area contributed by atoms with Gasteiger partial charge in [0.15, 0.2) is 0 Å². The van der Waals surface area contributed by atoms with Crippen molar-refractivity contribution >= 4 is 52.1 Å². The van der Waals surface area contributed by atoms with E-state index in [1.165, 1.54) is 0 Å². The number of carboxylic acid groups (broad SMARTS) is 1. The highest BCUT2D eigenvalue weighted by Crippen LogP contribution is 2.29. The molecule has 5 nitrogen and oxygen atoms in total. The fraction of sp³-hybridized carbons (Fsp3) is 0.154. The van der Waals surface area contributed by atoms with E-state index in [1.807, 2.05) is 0 Å². The van der Waals surface area contributed by atoms with Gasteiger partial charge in [0.1, 0.15) is 9.88 Å². The number of rotatable bonds is 4. The number of aromatic nitrogens is 1. The number of carbonyl (C=O) groups is 2. The predicted molar refractivity (Wildman–Crippen MR) is 82.6 cm³/mol. The van der Waals surface area contributed by atoms with Crippen molar-refractivity contribution in [2.75, 3.05) is 5.32 Å². The molecule has 1 heterocycles. The maximum Gasteiger partial charge on any atom is 0.347 e. The van der Waals surface area contributed by atoms with Crippen molar-refractivity contribution in [1.29, 1.82) is 0 Å². The molecule has 0 spiro atoms. The lowest BCUT2D eigenvalue weighted by atomic mass is 10.3. The van der Waals surface area contributed by atoms with E-state index in [1.54, 1.807) is 25.1 Å². The van der Waals surface area contributed by atoms with Gasteiger partial charge in [0.2, 0.25) is 5.91 Å². The summed E-state index contributed by atoms with van der Waals surface area (Å²) < 4.78 is 0. The normalized spacial score (nSPS) is 10.4. The van der Waals surface area contributed by atoms with Crippen molar-refractivity contribution in [2.45, 2.75) is 13.3 Å². The quantitative estimate of drug-likeness (QED) is 0.887. The summed E-state index contributed by atoms with van der Waals surface area (Å²) in [4.78, 5) is 27.1. The Morgan fingerprint density at radius 3 is 2.71 bits per heavy atom. The van der Waals surface area contributed by atoms with Crippen LogP contribution in [0.3, 0.4) is 0 Å². The van der Waals surface area contributed by atoms with Crippen LogP contribution in [0.5, 0.6) is 0 Å². The summed E-state index contributed by atoms with van der Waals surface area (Å²) in [6.07, 6.45) is -0.0262. The average molecular weight is 345 g/mol. The minimum Gasteiger partial charge on any atom is -0.477 e. The smallest absolute Gasteiger partial charge is 0.347 e. The summed E-state index contributed by atoms with van der Waals surface area (Å²) in [5.41, 5.74) is 0.803. The Kier molecular flexibility index (Phi) is 4.82. The molecule has 0 atom stereocenters. The molecular weight excluding hydrogens is 335 g/mol. The average Bonchev–Trinajstić information content (AvgIpc) is 2.76. The Labute approximate surface area is 134 Å². The summed E-state index contributed by atoms with van der Waals surface area (Å²) in [6, 6.07) is 4.91. The summed E-state index contributed by atoms with van der Waals surface area (Å²) in [5.74, 6) is -1.39. The molecule has 21 heavy (non-hydrogen) atoms. The number of halogens is 2. The van der Waals surface area contributed by atoms with Gasteiger partial charge in [0.05, 0.1) is 27.8 Å². The second-order valence-electron chi connectivity index (χ2n) is 4.15. The number of aryl methyl sites for hydroxylation is 1. The van der Waals surface area contributed by atoms with Crippen molar-refractivity contribution in [3.8, 4) is 0 Å². The van der Waals surface area contributed by atoms with Crippen LogP contribution < -0.4 is 5.32 Å². The van der Waals surface area contributed by atoms with Crippen LogP contribution in [0.2, 0.25) is 10.0 Å². The third kappa shape index (κ3) is 3.72. The molecule has 1 amide bonds. The van der Waals surface area contributed by atoms with Gasteiger partial charge in [0, 0.05) is 0 Å². The van der Waals surface area contributed by atoms with Crippen LogP contribution in [-0.2, 0) is 11.2 Å². The van der Waals surface area contributed by atoms with Gasteiger partial charge in [-0.2, -0.15) is 0 Å². The first-order chi connectivity index (χ1) is 9.88. The molecule has 0 unspecified atom stereocenters. The van der Waals surface area contributed by atoms with E-state index in [2.05, 4.69) is 10.3 Å². The molecule has 8 heteroatoms. The lowest BCUT2D eigenvalue weighted by molar-refractivity contribution is -0.115. The van der Waals surface area contributed by atoms with Gasteiger partial charge < -0.3 is 10.4 Å². The highest BCUT2D eigenvalue weighted by molar-refractivity contribution is 7.13. The molecule has 2 N–H and O–H groups in total. The molecular formula is C13H10Cl2N2O3S. The molecule has 2 aromatic rings. The van der Waals surface area contributed by atoms with Crippen molar-refractivity contribution < 1.29 is 14.7 Å².